The van der Waals surface area contributed by atoms with Gasteiger partial charge in [0.15, 0.2) is 0 Å². The van der Waals surface area contributed by atoms with Crippen LogP contribution in [0.5, 0.6) is 0 Å². The third-order valence-electron chi connectivity index (χ3n) is 5.71. The number of carbonyl (C=O) groups is 1. The van der Waals surface area contributed by atoms with Crippen molar-refractivity contribution in [1.29, 1.82) is 0 Å². The van der Waals surface area contributed by atoms with E-state index in [0.717, 1.165) is 71.8 Å². The number of fused-ring (bicyclic) bond motifs is 1. The molecule has 1 aromatic carbocycles. The number of carbonyl (C=O) groups excluding carboxylic acids is 1. The molecule has 6 nitrogen and oxygen atoms in total. The summed E-state index contributed by atoms with van der Waals surface area (Å²) in [6.07, 6.45) is 5.52. The number of morpholine rings is 1. The van der Waals surface area contributed by atoms with Crippen molar-refractivity contribution in [2.45, 2.75) is 32.4 Å². The molecule has 0 unspecified atom stereocenters. The number of anilines is 1. The molecule has 7 heteroatoms. The van der Waals surface area contributed by atoms with Crippen molar-refractivity contribution in [2.24, 2.45) is 0 Å². The summed E-state index contributed by atoms with van der Waals surface area (Å²) in [6, 6.07) is 12.3. The van der Waals surface area contributed by atoms with Gasteiger partial charge < -0.3 is 19.5 Å². The molecule has 2 aliphatic heterocycles. The molecule has 0 radical (unpaired) electrons. The molecule has 2 aliphatic rings. The van der Waals surface area contributed by atoms with Gasteiger partial charge in [0.1, 0.15) is 5.82 Å². The number of hydrogen-bond acceptors (Lipinski definition) is 5. The van der Waals surface area contributed by atoms with Gasteiger partial charge in [-0.05, 0) is 24.5 Å². The SMILES string of the molecule is O=C(NCc1cn2c(n1)CCCC2)c1cc(-c2ccccc2)c(N2CCOCC2)s1. The van der Waals surface area contributed by atoms with Crippen molar-refractivity contribution < 1.29 is 9.53 Å². The number of aromatic nitrogens is 2. The number of amides is 1. The number of imidazole rings is 1. The average molecular weight is 423 g/mol. The van der Waals surface area contributed by atoms with Crippen LogP contribution in [0.2, 0.25) is 0 Å². The number of aryl methyl sites for hydroxylation is 2. The van der Waals surface area contributed by atoms with Gasteiger partial charge in [0.05, 0.1) is 35.3 Å². The Labute approximate surface area is 180 Å². The van der Waals surface area contributed by atoms with Gasteiger partial charge in [0, 0.05) is 37.8 Å². The van der Waals surface area contributed by atoms with E-state index in [9.17, 15) is 4.79 Å². The van der Waals surface area contributed by atoms with Crippen molar-refractivity contribution >= 4 is 22.2 Å². The third kappa shape index (κ3) is 4.00. The molecule has 156 valence electrons. The normalized spacial score (nSPS) is 16.3. The van der Waals surface area contributed by atoms with Crippen molar-refractivity contribution in [1.82, 2.24) is 14.9 Å². The molecular weight excluding hydrogens is 396 g/mol. The van der Waals surface area contributed by atoms with Gasteiger partial charge >= 0.3 is 0 Å². The highest BCUT2D eigenvalue weighted by Gasteiger charge is 2.22. The number of nitrogens with zero attached hydrogens (tertiary/aromatic N) is 3. The number of benzene rings is 1. The first kappa shape index (κ1) is 19.3. The van der Waals surface area contributed by atoms with Crippen molar-refractivity contribution in [3.63, 3.8) is 0 Å². The molecule has 3 aromatic rings. The van der Waals surface area contributed by atoms with Crippen LogP contribution in [0.4, 0.5) is 5.00 Å². The maximum absolute atomic E-state index is 13.0. The fourth-order valence-corrected chi connectivity index (χ4v) is 5.28. The molecule has 0 bridgehead atoms. The number of rotatable bonds is 5. The molecular formula is C23H26N4O2S. The molecule has 1 fully saturated rings. The number of hydrogen-bond donors (Lipinski definition) is 1. The molecule has 0 atom stereocenters. The molecule has 30 heavy (non-hydrogen) atoms. The minimum absolute atomic E-state index is 0.0392. The summed E-state index contributed by atoms with van der Waals surface area (Å²) in [5.74, 6) is 1.10. The molecule has 5 rings (SSSR count). The smallest absolute Gasteiger partial charge is 0.261 e. The summed E-state index contributed by atoms with van der Waals surface area (Å²) in [5, 5.41) is 4.22. The highest BCUT2D eigenvalue weighted by atomic mass is 32.1. The second-order valence-electron chi connectivity index (χ2n) is 7.78. The van der Waals surface area contributed by atoms with Crippen molar-refractivity contribution in [3.8, 4) is 11.1 Å². The topological polar surface area (TPSA) is 59.4 Å². The fourth-order valence-electron chi connectivity index (χ4n) is 4.13. The summed E-state index contributed by atoms with van der Waals surface area (Å²) in [6.45, 7) is 4.63. The summed E-state index contributed by atoms with van der Waals surface area (Å²) in [5.41, 5.74) is 3.19. The second kappa shape index (κ2) is 8.62. The predicted octanol–water partition coefficient (Wildman–Crippen LogP) is 3.71. The van der Waals surface area contributed by atoms with Crippen LogP contribution in [0.25, 0.3) is 11.1 Å². The quantitative estimate of drug-likeness (QED) is 0.681. The molecule has 0 spiro atoms. The zero-order valence-corrected chi connectivity index (χ0v) is 17.8. The van der Waals surface area contributed by atoms with E-state index >= 15 is 0 Å². The van der Waals surface area contributed by atoms with Crippen LogP contribution in [-0.4, -0.2) is 41.8 Å². The Morgan fingerprint density at radius 2 is 1.97 bits per heavy atom. The minimum atomic E-state index is -0.0392. The highest BCUT2D eigenvalue weighted by molar-refractivity contribution is 7.18. The van der Waals surface area contributed by atoms with Crippen LogP contribution in [0.1, 0.15) is 34.0 Å². The molecule has 1 N–H and O–H groups in total. The number of thiophene rings is 1. The fraction of sp³-hybridized carbons (Fsp3) is 0.391. The van der Waals surface area contributed by atoms with E-state index in [1.807, 2.05) is 24.3 Å². The van der Waals surface area contributed by atoms with Crippen molar-refractivity contribution in [2.75, 3.05) is 31.2 Å². The van der Waals surface area contributed by atoms with E-state index in [2.05, 4.69) is 38.1 Å². The average Bonchev–Trinajstić information content (AvgIpc) is 3.43. The second-order valence-corrected chi connectivity index (χ2v) is 8.81. The Morgan fingerprint density at radius 1 is 1.13 bits per heavy atom. The lowest BCUT2D eigenvalue weighted by molar-refractivity contribution is 0.0954. The molecule has 4 heterocycles. The van der Waals surface area contributed by atoms with Gasteiger partial charge in [-0.2, -0.15) is 0 Å². The van der Waals surface area contributed by atoms with E-state index < -0.39 is 0 Å². The van der Waals surface area contributed by atoms with Crippen LogP contribution in [0, 0.1) is 0 Å². The lowest BCUT2D eigenvalue weighted by atomic mass is 10.1. The summed E-state index contributed by atoms with van der Waals surface area (Å²) < 4.78 is 7.74. The molecule has 2 aromatic heterocycles. The Kier molecular flexibility index (Phi) is 5.55. The maximum Gasteiger partial charge on any atom is 0.261 e. The van der Waals surface area contributed by atoms with E-state index in [1.54, 1.807) is 11.3 Å². The van der Waals surface area contributed by atoms with Crippen LogP contribution in [-0.2, 0) is 24.2 Å². The largest absolute Gasteiger partial charge is 0.378 e. The number of nitrogens with one attached hydrogen (secondary N) is 1. The van der Waals surface area contributed by atoms with Gasteiger partial charge in [-0.15, -0.1) is 11.3 Å². The van der Waals surface area contributed by atoms with Gasteiger partial charge in [-0.3, -0.25) is 4.79 Å². The Bertz CT molecular complexity index is 998. The first-order valence-corrected chi connectivity index (χ1v) is 11.4. The molecule has 0 aliphatic carbocycles. The van der Waals surface area contributed by atoms with Crippen molar-refractivity contribution in [3.05, 3.63) is 59.0 Å². The van der Waals surface area contributed by atoms with Crippen LogP contribution < -0.4 is 10.2 Å². The monoisotopic (exact) mass is 422 g/mol. The summed E-state index contributed by atoms with van der Waals surface area (Å²) >= 11 is 1.56. The van der Waals surface area contributed by atoms with Gasteiger partial charge in [-0.1, -0.05) is 30.3 Å². The van der Waals surface area contributed by atoms with Crippen LogP contribution >= 0.6 is 11.3 Å². The summed E-state index contributed by atoms with van der Waals surface area (Å²) in [4.78, 5) is 20.7. The van der Waals surface area contributed by atoms with E-state index in [0.29, 0.717) is 6.54 Å². The van der Waals surface area contributed by atoms with Gasteiger partial charge in [0.25, 0.3) is 5.91 Å². The standard InChI is InChI=1S/C23H26N4O2S/c28-22(24-15-18-16-27-9-5-4-8-21(27)25-18)20-14-19(17-6-2-1-3-7-17)23(30-20)26-10-12-29-13-11-26/h1-3,6-7,14,16H,4-5,8-13,15H2,(H,24,28). The van der Waals surface area contributed by atoms with Crippen LogP contribution in [0.15, 0.2) is 42.6 Å². The Morgan fingerprint density at radius 3 is 2.77 bits per heavy atom. The first-order chi connectivity index (χ1) is 14.8. The molecule has 0 saturated carbocycles. The highest BCUT2D eigenvalue weighted by Crippen LogP contribution is 2.39. The Hall–Kier alpha value is -2.64. The van der Waals surface area contributed by atoms with E-state index in [-0.39, 0.29) is 5.91 Å². The third-order valence-corrected chi connectivity index (χ3v) is 6.90. The lowest BCUT2D eigenvalue weighted by Crippen LogP contribution is -2.35. The van der Waals surface area contributed by atoms with E-state index in [1.165, 1.54) is 12.8 Å². The zero-order chi connectivity index (χ0) is 20.3. The Balaban J connectivity index is 1.36. The van der Waals surface area contributed by atoms with Crippen LogP contribution in [0.3, 0.4) is 0 Å². The summed E-state index contributed by atoms with van der Waals surface area (Å²) in [7, 11) is 0. The maximum atomic E-state index is 13.0. The number of ether oxygens (including phenoxy) is 1. The minimum Gasteiger partial charge on any atom is -0.378 e. The van der Waals surface area contributed by atoms with Gasteiger partial charge in [0.2, 0.25) is 0 Å². The lowest BCUT2D eigenvalue weighted by Gasteiger charge is -2.28. The van der Waals surface area contributed by atoms with Gasteiger partial charge in [-0.25, -0.2) is 4.98 Å². The first-order valence-electron chi connectivity index (χ1n) is 10.6. The predicted molar refractivity (Wildman–Crippen MR) is 119 cm³/mol. The molecule has 1 saturated heterocycles. The molecule has 1 amide bonds. The van der Waals surface area contributed by atoms with E-state index in [4.69, 9.17) is 4.74 Å². The zero-order valence-electron chi connectivity index (χ0n) is 17.0.